The number of rotatable bonds is 4. The summed E-state index contributed by atoms with van der Waals surface area (Å²) in [7, 11) is 0. The van der Waals surface area contributed by atoms with E-state index in [-0.39, 0.29) is 17.4 Å². The number of aromatic nitrogens is 5. The number of halogens is 1. The number of ketones is 1. The maximum absolute atomic E-state index is 13.3. The maximum atomic E-state index is 13.3. The molecule has 0 bridgehead atoms. The van der Waals surface area contributed by atoms with Crippen molar-refractivity contribution < 1.29 is 9.18 Å². The Kier molecular flexibility index (Phi) is 4.41. The Morgan fingerprint density at radius 1 is 1.12 bits per heavy atom. The van der Waals surface area contributed by atoms with Crippen LogP contribution in [-0.4, -0.2) is 30.5 Å². The van der Waals surface area contributed by atoms with Crippen molar-refractivity contribution in [2.75, 3.05) is 5.73 Å². The highest BCUT2D eigenvalue weighted by atomic mass is 19.1. The van der Waals surface area contributed by atoms with Crippen LogP contribution in [0.15, 0.2) is 66.5 Å². The van der Waals surface area contributed by atoms with Crippen molar-refractivity contribution in [3.05, 3.63) is 94.8 Å². The Hall–Kier alpha value is -4.59. The number of imidazole rings is 1. The number of fused-ring (bicyclic) bond motifs is 2. The lowest BCUT2D eigenvalue weighted by Crippen LogP contribution is -2.08. The van der Waals surface area contributed by atoms with Gasteiger partial charge < -0.3 is 10.7 Å². The molecule has 8 heteroatoms. The highest BCUT2D eigenvalue weighted by molar-refractivity contribution is 6.15. The topological polar surface area (TPSA) is 102 Å². The van der Waals surface area contributed by atoms with Gasteiger partial charge in [0.25, 0.3) is 0 Å². The molecular formula is C26H19FN6O. The van der Waals surface area contributed by atoms with Crippen LogP contribution in [0.4, 0.5) is 10.2 Å². The van der Waals surface area contributed by atoms with Crippen LogP contribution in [0, 0.1) is 12.7 Å². The molecule has 0 radical (unpaired) electrons. The van der Waals surface area contributed by atoms with Gasteiger partial charge in [0.15, 0.2) is 5.78 Å². The monoisotopic (exact) mass is 450 g/mol. The van der Waals surface area contributed by atoms with Gasteiger partial charge in [-0.2, -0.15) is 5.10 Å². The number of nitrogen functional groups attached to an aromatic ring is 1. The molecule has 1 aliphatic carbocycles. The number of carbonyl (C=O) groups is 1. The predicted octanol–water partition coefficient (Wildman–Crippen LogP) is 4.66. The third-order valence-electron chi connectivity index (χ3n) is 6.05. The highest BCUT2D eigenvalue weighted by Crippen LogP contribution is 2.32. The summed E-state index contributed by atoms with van der Waals surface area (Å²) in [6.45, 7) is 1.89. The molecule has 3 aromatic heterocycles. The van der Waals surface area contributed by atoms with Gasteiger partial charge in [-0.3, -0.25) is 9.78 Å². The highest BCUT2D eigenvalue weighted by Gasteiger charge is 2.24. The fourth-order valence-electron chi connectivity index (χ4n) is 4.36. The standard InChI is InChI=1S/C26H19FN6O/c1-14-31-23-7-5-20(11-24(23)32-14)33-26(28)21(13-30-33)25(34)18-8-15-2-3-16(9-17(15)10-18)22-6-4-19(27)12-29-22/h2-9,11-13H,10,28H2,1H3,(H,31,32). The Morgan fingerprint density at radius 3 is 2.82 bits per heavy atom. The quantitative estimate of drug-likeness (QED) is 0.388. The number of H-pyrrole nitrogens is 1. The van der Waals surface area contributed by atoms with E-state index in [9.17, 15) is 9.18 Å². The van der Waals surface area contributed by atoms with Crippen LogP contribution in [-0.2, 0) is 6.42 Å². The van der Waals surface area contributed by atoms with Crippen LogP contribution in [0.2, 0.25) is 0 Å². The molecule has 6 rings (SSSR count). The number of nitrogens with one attached hydrogen (secondary N) is 1. The molecule has 0 aliphatic heterocycles. The van der Waals surface area contributed by atoms with Gasteiger partial charge in [0.1, 0.15) is 17.5 Å². The number of Topliss-reactive ketones (excluding diaryl/α,β-unsaturated/α-hetero) is 1. The molecule has 0 unspecified atom stereocenters. The van der Waals surface area contributed by atoms with Crippen LogP contribution < -0.4 is 5.73 Å². The minimum absolute atomic E-state index is 0.153. The van der Waals surface area contributed by atoms with Gasteiger partial charge in [0.05, 0.1) is 40.4 Å². The van der Waals surface area contributed by atoms with E-state index in [0.29, 0.717) is 23.3 Å². The Balaban J connectivity index is 1.27. The number of hydrogen-bond acceptors (Lipinski definition) is 5. The summed E-state index contributed by atoms with van der Waals surface area (Å²) >= 11 is 0. The molecule has 0 amide bonds. The molecule has 0 saturated carbocycles. The largest absolute Gasteiger partial charge is 0.383 e. The average Bonchev–Trinajstić information content (AvgIpc) is 3.53. The van der Waals surface area contributed by atoms with Gasteiger partial charge >= 0.3 is 0 Å². The number of carbonyl (C=O) groups excluding carboxylic acids is 1. The SMILES string of the molecule is Cc1nc2ccc(-n3ncc(C(=O)C4=Cc5ccc(-c6ccc(F)cn6)cc5C4)c3N)cc2[nH]1. The zero-order valence-corrected chi connectivity index (χ0v) is 18.2. The van der Waals surface area contributed by atoms with Crippen molar-refractivity contribution in [2.45, 2.75) is 13.3 Å². The van der Waals surface area contributed by atoms with Gasteiger partial charge in [-0.25, -0.2) is 14.1 Å². The fraction of sp³-hybridized carbons (Fsp3) is 0.0769. The van der Waals surface area contributed by atoms with E-state index in [1.54, 1.807) is 10.7 Å². The van der Waals surface area contributed by atoms with Crippen molar-refractivity contribution in [2.24, 2.45) is 0 Å². The van der Waals surface area contributed by atoms with Gasteiger partial charge in [-0.15, -0.1) is 0 Å². The summed E-state index contributed by atoms with van der Waals surface area (Å²) in [4.78, 5) is 25.1. The number of aromatic amines is 1. The first-order chi connectivity index (χ1) is 16.5. The van der Waals surface area contributed by atoms with Crippen LogP contribution in [0.25, 0.3) is 34.1 Å². The van der Waals surface area contributed by atoms with E-state index < -0.39 is 0 Å². The number of benzene rings is 2. The van der Waals surface area contributed by atoms with Crippen molar-refractivity contribution >= 4 is 28.7 Å². The van der Waals surface area contributed by atoms with E-state index in [2.05, 4.69) is 20.1 Å². The first-order valence-electron chi connectivity index (χ1n) is 10.8. The molecule has 0 atom stereocenters. The number of aryl methyl sites for hydroxylation is 1. The minimum Gasteiger partial charge on any atom is -0.383 e. The molecule has 3 N–H and O–H groups in total. The van der Waals surface area contributed by atoms with E-state index >= 15 is 0 Å². The lowest BCUT2D eigenvalue weighted by atomic mass is 10.0. The molecule has 166 valence electrons. The zero-order chi connectivity index (χ0) is 23.4. The van der Waals surface area contributed by atoms with E-state index in [1.807, 2.05) is 49.4 Å². The zero-order valence-electron chi connectivity index (χ0n) is 18.2. The van der Waals surface area contributed by atoms with Crippen LogP contribution >= 0.6 is 0 Å². The molecule has 5 aromatic rings. The lowest BCUT2D eigenvalue weighted by molar-refractivity contribution is 0.103. The molecule has 3 heterocycles. The second-order valence-electron chi connectivity index (χ2n) is 8.33. The number of hydrogen-bond donors (Lipinski definition) is 2. The summed E-state index contributed by atoms with van der Waals surface area (Å²) < 4.78 is 14.8. The summed E-state index contributed by atoms with van der Waals surface area (Å²) in [5.74, 6) is 0.577. The van der Waals surface area contributed by atoms with Crippen LogP contribution in [0.5, 0.6) is 0 Å². The van der Waals surface area contributed by atoms with Crippen LogP contribution in [0.1, 0.15) is 27.3 Å². The number of anilines is 1. The maximum Gasteiger partial charge on any atom is 0.194 e. The second-order valence-corrected chi connectivity index (χ2v) is 8.33. The molecule has 1 aliphatic rings. The molecule has 0 spiro atoms. The normalized spacial score (nSPS) is 12.7. The van der Waals surface area contributed by atoms with Gasteiger partial charge in [0, 0.05) is 17.6 Å². The van der Waals surface area contributed by atoms with Crippen LogP contribution in [0.3, 0.4) is 0 Å². The molecule has 7 nitrogen and oxygen atoms in total. The van der Waals surface area contributed by atoms with Crippen molar-refractivity contribution in [3.63, 3.8) is 0 Å². The van der Waals surface area contributed by atoms with Gasteiger partial charge in [-0.05, 0) is 60.5 Å². The summed E-state index contributed by atoms with van der Waals surface area (Å²) in [5, 5.41) is 4.37. The fourth-order valence-corrected chi connectivity index (χ4v) is 4.36. The molecule has 0 fully saturated rings. The van der Waals surface area contributed by atoms with E-state index in [4.69, 9.17) is 5.73 Å². The Morgan fingerprint density at radius 2 is 2.00 bits per heavy atom. The summed E-state index contributed by atoms with van der Waals surface area (Å²) in [6.07, 6.45) is 5.07. The number of nitrogens with two attached hydrogens (primary N) is 1. The summed E-state index contributed by atoms with van der Waals surface area (Å²) in [5.41, 5.74) is 13.4. The van der Waals surface area contributed by atoms with Gasteiger partial charge in [-0.1, -0.05) is 12.1 Å². The molecule has 2 aromatic carbocycles. The van der Waals surface area contributed by atoms with Crippen molar-refractivity contribution in [1.29, 1.82) is 0 Å². The molecule has 0 saturated heterocycles. The number of allylic oxidation sites excluding steroid dienone is 1. The third-order valence-corrected chi connectivity index (χ3v) is 6.05. The van der Waals surface area contributed by atoms with E-state index in [1.165, 1.54) is 18.5 Å². The van der Waals surface area contributed by atoms with Crippen molar-refractivity contribution in [1.82, 2.24) is 24.7 Å². The first-order valence-corrected chi connectivity index (χ1v) is 10.8. The Labute approximate surface area is 193 Å². The third kappa shape index (κ3) is 3.27. The van der Waals surface area contributed by atoms with Crippen molar-refractivity contribution in [3.8, 4) is 16.9 Å². The number of nitrogens with zero attached hydrogens (tertiary/aromatic N) is 4. The van der Waals surface area contributed by atoms with E-state index in [0.717, 1.165) is 39.2 Å². The van der Waals surface area contributed by atoms with Gasteiger partial charge in [0.2, 0.25) is 0 Å². The molecular weight excluding hydrogens is 431 g/mol. The average molecular weight is 450 g/mol. The lowest BCUT2D eigenvalue weighted by Gasteiger charge is -2.06. The number of pyridine rings is 1. The second kappa shape index (κ2) is 7.48. The first kappa shape index (κ1) is 20.0. The Bertz CT molecular complexity index is 1630. The summed E-state index contributed by atoms with van der Waals surface area (Å²) in [6, 6.07) is 14.5. The molecule has 34 heavy (non-hydrogen) atoms. The predicted molar refractivity (Wildman–Crippen MR) is 128 cm³/mol. The minimum atomic E-state index is -0.378. The smallest absolute Gasteiger partial charge is 0.194 e.